The van der Waals surface area contributed by atoms with E-state index in [2.05, 4.69) is 10.5 Å². The molecule has 3 aromatic rings. The predicted octanol–water partition coefficient (Wildman–Crippen LogP) is 3.34. The molecule has 1 N–H and O–H groups in total. The van der Waals surface area contributed by atoms with Gasteiger partial charge in [0.05, 0.1) is 12.8 Å². The van der Waals surface area contributed by atoms with E-state index in [1.807, 2.05) is 73.1 Å². The summed E-state index contributed by atoms with van der Waals surface area (Å²) in [6, 6.07) is 17.3. The summed E-state index contributed by atoms with van der Waals surface area (Å²) in [5, 5.41) is 5.06. The summed E-state index contributed by atoms with van der Waals surface area (Å²) in [5.74, 6) is 0.535. The number of amides is 1. The van der Waals surface area contributed by atoms with Crippen molar-refractivity contribution in [1.82, 2.24) is 9.99 Å². The van der Waals surface area contributed by atoms with Crippen molar-refractivity contribution in [3.8, 4) is 5.75 Å². The lowest BCUT2D eigenvalue weighted by Crippen LogP contribution is -2.20. The molecule has 0 aliphatic heterocycles. The molecule has 5 heteroatoms. The number of carbonyl (C=O) groups is 1. The lowest BCUT2D eigenvalue weighted by atomic mass is 10.2. The minimum absolute atomic E-state index is 0.245. The van der Waals surface area contributed by atoms with Crippen LogP contribution in [0, 0.1) is 0 Å². The van der Waals surface area contributed by atoms with Crippen molar-refractivity contribution >= 4 is 23.0 Å². The van der Waals surface area contributed by atoms with Crippen LogP contribution in [-0.2, 0) is 7.05 Å². The number of ether oxygens (including phenoxy) is 1. The van der Waals surface area contributed by atoms with Crippen molar-refractivity contribution in [2.24, 2.45) is 12.1 Å². The van der Waals surface area contributed by atoms with Crippen LogP contribution in [0.3, 0.4) is 0 Å². The van der Waals surface area contributed by atoms with Crippen molar-refractivity contribution < 1.29 is 9.53 Å². The zero-order valence-electron chi connectivity index (χ0n) is 13.7. The van der Waals surface area contributed by atoms with Crippen molar-refractivity contribution in [2.45, 2.75) is 6.92 Å². The number of nitrogens with zero attached hydrogens (tertiary/aromatic N) is 2. The predicted molar refractivity (Wildman–Crippen MR) is 95.6 cm³/mol. The second-order valence-electron chi connectivity index (χ2n) is 5.35. The third-order valence-corrected chi connectivity index (χ3v) is 3.73. The van der Waals surface area contributed by atoms with Crippen molar-refractivity contribution in [3.63, 3.8) is 0 Å². The van der Waals surface area contributed by atoms with Gasteiger partial charge in [-0.2, -0.15) is 5.10 Å². The number of benzene rings is 2. The molecule has 0 saturated carbocycles. The average Bonchev–Trinajstić information content (AvgIpc) is 2.93. The van der Waals surface area contributed by atoms with E-state index in [-0.39, 0.29) is 5.91 Å². The maximum atomic E-state index is 12.3. The summed E-state index contributed by atoms with van der Waals surface area (Å²) in [5.41, 5.74) is 5.01. The monoisotopic (exact) mass is 321 g/mol. The number of rotatable bonds is 5. The summed E-state index contributed by atoms with van der Waals surface area (Å²) in [6.45, 7) is 2.54. The molecule has 3 rings (SSSR count). The topological polar surface area (TPSA) is 55.6 Å². The molecule has 0 spiro atoms. The normalized spacial score (nSPS) is 11.1. The maximum Gasteiger partial charge on any atom is 0.287 e. The minimum atomic E-state index is -0.245. The molecule has 0 radical (unpaired) electrons. The molecule has 1 heterocycles. The standard InChI is InChI=1S/C19H19N3O2/c1-3-24-16-9-6-7-14(11-16)13-20-21-19(23)18-12-15-8-4-5-10-17(15)22(18)2/h4-13H,3H2,1-2H3,(H,21,23)/b20-13+. The number of hydrogen-bond acceptors (Lipinski definition) is 3. The van der Waals surface area contributed by atoms with Gasteiger partial charge < -0.3 is 9.30 Å². The van der Waals surface area contributed by atoms with E-state index in [1.54, 1.807) is 6.21 Å². The Balaban J connectivity index is 1.72. The number of aryl methyl sites for hydroxylation is 1. The van der Waals surface area contributed by atoms with Crippen LogP contribution in [0.4, 0.5) is 0 Å². The summed E-state index contributed by atoms with van der Waals surface area (Å²) in [4.78, 5) is 12.3. The van der Waals surface area contributed by atoms with Gasteiger partial charge in [0.15, 0.2) is 0 Å². The van der Waals surface area contributed by atoms with E-state index in [0.29, 0.717) is 12.3 Å². The van der Waals surface area contributed by atoms with Crippen LogP contribution in [-0.4, -0.2) is 23.3 Å². The molecular formula is C19H19N3O2. The summed E-state index contributed by atoms with van der Waals surface area (Å²) in [6.07, 6.45) is 1.60. The van der Waals surface area contributed by atoms with Crippen molar-refractivity contribution in [2.75, 3.05) is 6.61 Å². The summed E-state index contributed by atoms with van der Waals surface area (Å²) in [7, 11) is 1.87. The number of carbonyl (C=O) groups excluding carboxylic acids is 1. The summed E-state index contributed by atoms with van der Waals surface area (Å²) >= 11 is 0. The number of para-hydroxylation sites is 1. The van der Waals surface area contributed by atoms with Crippen LogP contribution in [0.25, 0.3) is 10.9 Å². The van der Waals surface area contributed by atoms with Gasteiger partial charge in [0.25, 0.3) is 5.91 Å². The first-order valence-corrected chi connectivity index (χ1v) is 7.80. The molecule has 0 atom stereocenters. The third kappa shape index (κ3) is 3.30. The Morgan fingerprint density at radius 1 is 1.21 bits per heavy atom. The lowest BCUT2D eigenvalue weighted by Gasteiger charge is -2.04. The van der Waals surface area contributed by atoms with E-state index < -0.39 is 0 Å². The number of nitrogens with one attached hydrogen (secondary N) is 1. The molecule has 0 fully saturated rings. The molecular weight excluding hydrogens is 302 g/mol. The Bertz CT molecular complexity index is 897. The zero-order chi connectivity index (χ0) is 16.9. The van der Waals surface area contributed by atoms with Crippen LogP contribution in [0.5, 0.6) is 5.75 Å². The Hall–Kier alpha value is -3.08. The van der Waals surface area contributed by atoms with Gasteiger partial charge in [-0.1, -0.05) is 30.3 Å². The van der Waals surface area contributed by atoms with Gasteiger partial charge in [-0.05, 0) is 36.8 Å². The Morgan fingerprint density at radius 2 is 2.04 bits per heavy atom. The van der Waals surface area contributed by atoms with Gasteiger partial charge >= 0.3 is 0 Å². The maximum absolute atomic E-state index is 12.3. The fourth-order valence-corrected chi connectivity index (χ4v) is 2.58. The van der Waals surface area contributed by atoms with Crippen LogP contribution in [0.2, 0.25) is 0 Å². The van der Waals surface area contributed by atoms with E-state index >= 15 is 0 Å². The SMILES string of the molecule is CCOc1cccc(/C=N/NC(=O)c2cc3ccccc3n2C)c1. The van der Waals surface area contributed by atoms with E-state index in [0.717, 1.165) is 22.2 Å². The quantitative estimate of drug-likeness (QED) is 0.579. The minimum Gasteiger partial charge on any atom is -0.494 e. The first-order valence-electron chi connectivity index (χ1n) is 7.80. The molecule has 0 aliphatic carbocycles. The fourth-order valence-electron chi connectivity index (χ4n) is 2.58. The molecule has 0 bridgehead atoms. The third-order valence-electron chi connectivity index (χ3n) is 3.73. The molecule has 0 aliphatic rings. The Morgan fingerprint density at radius 3 is 2.83 bits per heavy atom. The zero-order valence-corrected chi connectivity index (χ0v) is 13.7. The second kappa shape index (κ2) is 7.00. The Labute approximate surface area is 140 Å². The average molecular weight is 321 g/mol. The van der Waals surface area contributed by atoms with Gasteiger partial charge in [0, 0.05) is 18.0 Å². The van der Waals surface area contributed by atoms with Gasteiger partial charge in [-0.15, -0.1) is 0 Å². The number of fused-ring (bicyclic) bond motifs is 1. The first kappa shape index (κ1) is 15.8. The van der Waals surface area contributed by atoms with Crippen LogP contribution < -0.4 is 10.2 Å². The highest BCUT2D eigenvalue weighted by atomic mass is 16.5. The number of hydrazone groups is 1. The van der Waals surface area contributed by atoms with Gasteiger partial charge in [0.1, 0.15) is 11.4 Å². The number of hydrogen-bond donors (Lipinski definition) is 1. The van der Waals surface area contributed by atoms with E-state index in [1.165, 1.54) is 0 Å². The second-order valence-corrected chi connectivity index (χ2v) is 5.35. The molecule has 24 heavy (non-hydrogen) atoms. The molecule has 0 saturated heterocycles. The lowest BCUT2D eigenvalue weighted by molar-refractivity contribution is 0.0947. The van der Waals surface area contributed by atoms with Gasteiger partial charge in [-0.3, -0.25) is 4.79 Å². The highest BCUT2D eigenvalue weighted by molar-refractivity contribution is 5.99. The van der Waals surface area contributed by atoms with E-state index in [9.17, 15) is 4.79 Å². The van der Waals surface area contributed by atoms with Crippen LogP contribution >= 0.6 is 0 Å². The molecule has 5 nitrogen and oxygen atoms in total. The first-order chi connectivity index (χ1) is 11.7. The van der Waals surface area contributed by atoms with Gasteiger partial charge in [0.2, 0.25) is 0 Å². The molecule has 1 amide bonds. The highest BCUT2D eigenvalue weighted by Gasteiger charge is 2.12. The van der Waals surface area contributed by atoms with E-state index in [4.69, 9.17) is 4.74 Å². The molecule has 122 valence electrons. The van der Waals surface area contributed by atoms with Gasteiger partial charge in [-0.25, -0.2) is 5.43 Å². The molecule has 0 unspecified atom stereocenters. The fraction of sp³-hybridized carbons (Fsp3) is 0.158. The molecule has 1 aromatic heterocycles. The largest absolute Gasteiger partial charge is 0.494 e. The van der Waals surface area contributed by atoms with Crippen molar-refractivity contribution in [1.29, 1.82) is 0 Å². The van der Waals surface area contributed by atoms with Crippen molar-refractivity contribution in [3.05, 3.63) is 65.9 Å². The van der Waals surface area contributed by atoms with Crippen LogP contribution in [0.1, 0.15) is 23.0 Å². The molecule has 2 aromatic carbocycles. The summed E-state index contributed by atoms with van der Waals surface area (Å²) < 4.78 is 7.30. The smallest absolute Gasteiger partial charge is 0.287 e. The number of aromatic nitrogens is 1. The van der Waals surface area contributed by atoms with Crippen LogP contribution in [0.15, 0.2) is 59.7 Å². The highest BCUT2D eigenvalue weighted by Crippen LogP contribution is 2.18. The Kier molecular flexibility index (Phi) is 4.61.